The fourth-order valence-electron chi connectivity index (χ4n) is 3.01. The molecule has 0 bridgehead atoms. The van der Waals surface area contributed by atoms with Gasteiger partial charge in [-0.15, -0.1) is 0 Å². The molecular formula is C21H29NO3S. The number of nitrogens with zero attached hydrogens (tertiary/aromatic N) is 1. The Bertz CT molecular complexity index is 642. The number of Topliss-reactive ketones (excluding diaryl/α,β-unsaturated/α-hetero) is 1. The molecule has 1 atom stereocenters. The largest absolute Gasteiger partial charge is 0.485 e. The zero-order chi connectivity index (χ0) is 19.2. The number of carbonyl (C=O) groups excluding carboxylic acids is 2. The van der Waals surface area contributed by atoms with Crippen LogP contribution in [0.5, 0.6) is 0 Å². The molecular weight excluding hydrogens is 346 g/mol. The average molecular weight is 376 g/mol. The molecule has 0 radical (unpaired) electrons. The van der Waals surface area contributed by atoms with E-state index in [1.165, 1.54) is 5.56 Å². The third-order valence-corrected chi connectivity index (χ3v) is 5.60. The van der Waals surface area contributed by atoms with Crippen molar-refractivity contribution < 1.29 is 14.3 Å². The van der Waals surface area contributed by atoms with Gasteiger partial charge < -0.3 is 9.64 Å². The second-order valence-electron chi connectivity index (χ2n) is 7.48. The van der Waals surface area contributed by atoms with Gasteiger partial charge in [0.05, 0.1) is 6.61 Å². The highest BCUT2D eigenvalue weighted by Gasteiger charge is 2.39. The predicted molar refractivity (Wildman–Crippen MR) is 107 cm³/mol. The van der Waals surface area contributed by atoms with E-state index in [0.29, 0.717) is 24.6 Å². The van der Waals surface area contributed by atoms with E-state index in [0.717, 1.165) is 25.7 Å². The fourth-order valence-corrected chi connectivity index (χ4v) is 3.34. The van der Waals surface area contributed by atoms with E-state index in [1.54, 1.807) is 4.90 Å². The van der Waals surface area contributed by atoms with Crippen molar-refractivity contribution in [2.24, 2.45) is 5.41 Å². The molecule has 0 unspecified atom stereocenters. The molecule has 1 aromatic carbocycles. The number of benzene rings is 1. The molecule has 5 heteroatoms. The number of thiocarbonyl (C=S) groups is 1. The maximum absolute atomic E-state index is 12.8. The topological polar surface area (TPSA) is 46.6 Å². The van der Waals surface area contributed by atoms with Gasteiger partial charge in [-0.3, -0.25) is 9.59 Å². The van der Waals surface area contributed by atoms with Crippen molar-refractivity contribution in [3.63, 3.8) is 0 Å². The van der Waals surface area contributed by atoms with Crippen molar-refractivity contribution in [1.82, 2.24) is 4.90 Å². The van der Waals surface area contributed by atoms with Gasteiger partial charge in [0.2, 0.25) is 5.78 Å². The summed E-state index contributed by atoms with van der Waals surface area (Å²) in [5, 5.41) is 0.427. The standard InChI is InChI=1S/C21H29NO3S/c1-4-21(2,3)18(23)19(24)22-14-9-8-12-17(22)20(26)25-15-13-16-10-6-5-7-11-16/h5-7,10-11,17H,4,8-9,12-15H2,1-3H3/t17-/m0/s1. The Morgan fingerprint density at radius 1 is 1.23 bits per heavy atom. The highest BCUT2D eigenvalue weighted by Crippen LogP contribution is 2.26. The number of ether oxygens (including phenoxy) is 1. The molecule has 1 heterocycles. The highest BCUT2D eigenvalue weighted by atomic mass is 32.1. The number of ketones is 1. The van der Waals surface area contributed by atoms with Gasteiger partial charge in [0.25, 0.3) is 5.91 Å². The summed E-state index contributed by atoms with van der Waals surface area (Å²) in [5.41, 5.74) is 0.543. The lowest BCUT2D eigenvalue weighted by Crippen LogP contribution is -2.52. The van der Waals surface area contributed by atoms with Crippen LogP contribution in [-0.4, -0.2) is 40.8 Å². The van der Waals surface area contributed by atoms with Gasteiger partial charge in [0.1, 0.15) is 6.04 Å². The molecule has 0 aliphatic carbocycles. The number of hydrogen-bond donors (Lipinski definition) is 0. The van der Waals surface area contributed by atoms with Gasteiger partial charge in [0, 0.05) is 18.4 Å². The summed E-state index contributed by atoms with van der Waals surface area (Å²) >= 11 is 5.47. The first-order chi connectivity index (χ1) is 12.4. The summed E-state index contributed by atoms with van der Waals surface area (Å²) in [4.78, 5) is 27.0. The number of carbonyl (C=O) groups is 2. The van der Waals surface area contributed by atoms with Crippen LogP contribution in [-0.2, 0) is 20.7 Å². The van der Waals surface area contributed by atoms with Crippen molar-refractivity contribution in [3.8, 4) is 0 Å². The minimum absolute atomic E-state index is 0.279. The summed E-state index contributed by atoms with van der Waals surface area (Å²) in [6, 6.07) is 9.79. The van der Waals surface area contributed by atoms with Gasteiger partial charge in [0.15, 0.2) is 5.05 Å². The van der Waals surface area contributed by atoms with Crippen LogP contribution in [0, 0.1) is 5.41 Å². The van der Waals surface area contributed by atoms with Crippen LogP contribution in [0.2, 0.25) is 0 Å². The monoisotopic (exact) mass is 375 g/mol. The second kappa shape index (κ2) is 9.26. The molecule has 0 aromatic heterocycles. The molecule has 1 aromatic rings. The molecule has 1 aliphatic heterocycles. The number of amides is 1. The summed E-state index contributed by atoms with van der Waals surface area (Å²) in [6.45, 7) is 6.62. The third-order valence-electron chi connectivity index (χ3n) is 5.21. The molecule has 142 valence electrons. The molecule has 4 nitrogen and oxygen atoms in total. The quantitative estimate of drug-likeness (QED) is 0.535. The van der Waals surface area contributed by atoms with E-state index in [9.17, 15) is 9.59 Å². The zero-order valence-electron chi connectivity index (χ0n) is 16.0. The minimum atomic E-state index is -0.644. The van der Waals surface area contributed by atoms with Crippen molar-refractivity contribution in [2.45, 2.75) is 58.9 Å². The molecule has 1 aliphatic rings. The molecule has 1 amide bonds. The summed E-state index contributed by atoms with van der Waals surface area (Å²) in [6.07, 6.45) is 4.05. The second-order valence-corrected chi connectivity index (χ2v) is 7.88. The Morgan fingerprint density at radius 2 is 1.92 bits per heavy atom. The van der Waals surface area contributed by atoms with E-state index in [2.05, 4.69) is 0 Å². The Hall–Kier alpha value is -1.75. The van der Waals surface area contributed by atoms with Crippen LogP contribution in [0.25, 0.3) is 0 Å². The fraction of sp³-hybridized carbons (Fsp3) is 0.571. The Morgan fingerprint density at radius 3 is 2.58 bits per heavy atom. The molecule has 1 saturated heterocycles. The maximum atomic E-state index is 12.8. The number of likely N-dealkylation sites (tertiary alicyclic amines) is 1. The van der Waals surface area contributed by atoms with E-state index in [1.807, 2.05) is 51.1 Å². The normalized spacial score (nSPS) is 17.7. The third kappa shape index (κ3) is 5.13. The minimum Gasteiger partial charge on any atom is -0.485 e. The van der Waals surface area contributed by atoms with Gasteiger partial charge in [-0.25, -0.2) is 0 Å². The Balaban J connectivity index is 1.97. The van der Waals surface area contributed by atoms with Crippen LogP contribution < -0.4 is 0 Å². The zero-order valence-corrected chi connectivity index (χ0v) is 16.8. The van der Waals surface area contributed by atoms with Crippen LogP contribution in [0.4, 0.5) is 0 Å². The molecule has 26 heavy (non-hydrogen) atoms. The summed E-state index contributed by atoms with van der Waals surface area (Å²) in [5.74, 6) is -0.755. The Labute approximate surface area is 161 Å². The number of hydrogen-bond acceptors (Lipinski definition) is 4. The van der Waals surface area contributed by atoms with Gasteiger partial charge >= 0.3 is 0 Å². The summed E-state index contributed by atoms with van der Waals surface area (Å²) < 4.78 is 5.78. The van der Waals surface area contributed by atoms with Crippen molar-refractivity contribution in [2.75, 3.05) is 13.2 Å². The highest BCUT2D eigenvalue weighted by molar-refractivity contribution is 7.80. The van der Waals surface area contributed by atoms with E-state index in [-0.39, 0.29) is 11.8 Å². The predicted octanol–water partition coefficient (Wildman–Crippen LogP) is 3.96. The first-order valence-corrected chi connectivity index (χ1v) is 9.83. The lowest BCUT2D eigenvalue weighted by molar-refractivity contribution is -0.150. The van der Waals surface area contributed by atoms with E-state index < -0.39 is 11.3 Å². The van der Waals surface area contributed by atoms with Crippen LogP contribution in [0.15, 0.2) is 30.3 Å². The van der Waals surface area contributed by atoms with Gasteiger partial charge in [-0.1, -0.05) is 51.1 Å². The molecule has 0 N–H and O–H groups in total. The molecule has 2 rings (SSSR count). The van der Waals surface area contributed by atoms with Crippen molar-refractivity contribution >= 4 is 29.0 Å². The molecule has 1 fully saturated rings. The average Bonchev–Trinajstić information content (AvgIpc) is 2.67. The van der Waals surface area contributed by atoms with Crippen LogP contribution in [0.1, 0.15) is 52.0 Å². The van der Waals surface area contributed by atoms with Gasteiger partial charge in [-0.2, -0.15) is 0 Å². The number of piperidine rings is 1. The SMILES string of the molecule is CCC(C)(C)C(=O)C(=O)N1CCCC[C@H]1C(=S)OCCc1ccccc1. The summed E-state index contributed by atoms with van der Waals surface area (Å²) in [7, 11) is 0. The first kappa shape index (κ1) is 20.6. The molecule has 0 spiro atoms. The molecule has 0 saturated carbocycles. The Kier molecular flexibility index (Phi) is 7.33. The maximum Gasteiger partial charge on any atom is 0.291 e. The smallest absolute Gasteiger partial charge is 0.291 e. The lowest BCUT2D eigenvalue weighted by Gasteiger charge is -2.36. The van der Waals surface area contributed by atoms with Crippen molar-refractivity contribution in [3.05, 3.63) is 35.9 Å². The van der Waals surface area contributed by atoms with Crippen LogP contribution in [0.3, 0.4) is 0 Å². The first-order valence-electron chi connectivity index (χ1n) is 9.43. The lowest BCUT2D eigenvalue weighted by atomic mass is 9.84. The van der Waals surface area contributed by atoms with Crippen LogP contribution >= 0.6 is 12.2 Å². The van der Waals surface area contributed by atoms with Gasteiger partial charge in [-0.05, 0) is 43.5 Å². The number of rotatable bonds is 7. The van der Waals surface area contributed by atoms with Crippen molar-refractivity contribution in [1.29, 1.82) is 0 Å². The van der Waals surface area contributed by atoms with E-state index in [4.69, 9.17) is 17.0 Å². The van der Waals surface area contributed by atoms with E-state index >= 15 is 0 Å².